The Bertz CT molecular complexity index is 893. The van der Waals surface area contributed by atoms with Crippen molar-refractivity contribution >= 4 is 45.0 Å². The Kier molecular flexibility index (Phi) is 7.01. The maximum absolute atomic E-state index is 14.3. The number of ether oxygens (including phenoxy) is 2. The van der Waals surface area contributed by atoms with Crippen LogP contribution in [0.3, 0.4) is 0 Å². The van der Waals surface area contributed by atoms with Gasteiger partial charge in [-0.1, -0.05) is 34.1 Å². The summed E-state index contributed by atoms with van der Waals surface area (Å²) in [6.45, 7) is 10.4. The molecule has 0 saturated heterocycles. The second kappa shape index (κ2) is 8.97. The lowest BCUT2D eigenvalue weighted by molar-refractivity contribution is 0.0150. The number of aliphatic imine (C=N–C) groups is 1. The van der Waals surface area contributed by atoms with Crippen LogP contribution in [0.15, 0.2) is 27.7 Å². The summed E-state index contributed by atoms with van der Waals surface area (Å²) in [5.74, 6) is 0.458. The third-order valence-electron chi connectivity index (χ3n) is 5.20. The quantitative estimate of drug-likeness (QED) is 0.398. The third-order valence-corrected chi connectivity index (χ3v) is 6.76. The Morgan fingerprint density at radius 3 is 2.25 bits per heavy atom. The Morgan fingerprint density at radius 2 is 1.72 bits per heavy atom. The molecule has 0 unspecified atom stereocenters. The van der Waals surface area contributed by atoms with Gasteiger partial charge in [-0.2, -0.15) is 4.90 Å². The first-order valence-corrected chi connectivity index (χ1v) is 12.4. The van der Waals surface area contributed by atoms with E-state index in [2.05, 4.69) is 15.9 Å². The van der Waals surface area contributed by atoms with Crippen molar-refractivity contribution in [3.63, 3.8) is 0 Å². The van der Waals surface area contributed by atoms with E-state index in [1.165, 1.54) is 23.9 Å². The van der Waals surface area contributed by atoms with E-state index < -0.39 is 28.9 Å². The van der Waals surface area contributed by atoms with Gasteiger partial charge in [0.05, 0.1) is 5.54 Å². The standard InChI is InChI=1S/C23H30BrFN2O4S/c1-21(2,3)30-19(28)27(20(29)31-22(4,5)6)18-26-23(9-7-8-14(23)13-32-18)15-10-16(24)12-17(25)11-15/h10-12,14H,7-9,13H2,1-6H3/t14-,23-/m0/s1. The fourth-order valence-corrected chi connectivity index (χ4v) is 5.78. The van der Waals surface area contributed by atoms with E-state index in [-0.39, 0.29) is 16.9 Å². The predicted molar refractivity (Wildman–Crippen MR) is 127 cm³/mol. The lowest BCUT2D eigenvalue weighted by atomic mass is 9.81. The molecule has 176 valence electrons. The molecule has 1 aromatic carbocycles. The van der Waals surface area contributed by atoms with Crippen molar-refractivity contribution in [3.05, 3.63) is 34.1 Å². The number of carbonyl (C=O) groups excluding carboxylic acids is 2. The Labute approximate surface area is 201 Å². The molecular formula is C23H30BrFN2O4S. The molecular weight excluding hydrogens is 499 g/mol. The number of hydrogen-bond acceptors (Lipinski definition) is 6. The number of hydrogen-bond donors (Lipinski definition) is 0. The molecule has 32 heavy (non-hydrogen) atoms. The van der Waals surface area contributed by atoms with Crippen LogP contribution in [0, 0.1) is 11.7 Å². The van der Waals surface area contributed by atoms with Crippen LogP contribution in [0.25, 0.3) is 0 Å². The minimum atomic E-state index is -0.843. The molecule has 1 aliphatic carbocycles. The Balaban J connectivity index is 2.09. The van der Waals surface area contributed by atoms with Gasteiger partial charge in [-0.3, -0.25) is 0 Å². The number of fused-ring (bicyclic) bond motifs is 1. The van der Waals surface area contributed by atoms with Gasteiger partial charge in [0.25, 0.3) is 0 Å². The summed E-state index contributed by atoms with van der Waals surface area (Å²) in [6.07, 6.45) is 0.884. The molecule has 9 heteroatoms. The van der Waals surface area contributed by atoms with Crippen LogP contribution < -0.4 is 0 Å². The van der Waals surface area contributed by atoms with Crippen molar-refractivity contribution in [2.24, 2.45) is 10.9 Å². The average Bonchev–Trinajstić information content (AvgIpc) is 3.02. The van der Waals surface area contributed by atoms with Gasteiger partial charge in [0.2, 0.25) is 0 Å². The number of thioether (sulfide) groups is 1. The predicted octanol–water partition coefficient (Wildman–Crippen LogP) is 6.86. The molecule has 1 aromatic rings. The molecule has 2 amide bonds. The summed E-state index contributed by atoms with van der Waals surface area (Å²) < 4.78 is 25.9. The minimum Gasteiger partial charge on any atom is -0.443 e. The fourth-order valence-electron chi connectivity index (χ4n) is 4.02. The summed E-state index contributed by atoms with van der Waals surface area (Å²) in [5.41, 5.74) is -1.60. The van der Waals surface area contributed by atoms with Crippen molar-refractivity contribution < 1.29 is 23.5 Å². The van der Waals surface area contributed by atoms with Crippen molar-refractivity contribution in [2.75, 3.05) is 5.75 Å². The van der Waals surface area contributed by atoms with Crippen LogP contribution >= 0.6 is 27.7 Å². The van der Waals surface area contributed by atoms with E-state index in [9.17, 15) is 14.0 Å². The molecule has 1 saturated carbocycles. The van der Waals surface area contributed by atoms with Crippen molar-refractivity contribution in [1.82, 2.24) is 4.90 Å². The van der Waals surface area contributed by atoms with Crippen LogP contribution in [-0.2, 0) is 15.0 Å². The summed E-state index contributed by atoms with van der Waals surface area (Å²) in [6, 6.07) is 4.76. The zero-order chi connectivity index (χ0) is 23.9. The van der Waals surface area contributed by atoms with Crippen LogP contribution in [0.4, 0.5) is 14.0 Å². The number of halogens is 2. The summed E-state index contributed by atoms with van der Waals surface area (Å²) in [7, 11) is 0. The number of imide groups is 1. The van der Waals surface area contributed by atoms with Crippen molar-refractivity contribution in [3.8, 4) is 0 Å². The largest absolute Gasteiger partial charge is 0.443 e. The average molecular weight is 529 g/mol. The number of amidine groups is 1. The van der Waals surface area contributed by atoms with E-state index in [4.69, 9.17) is 14.5 Å². The lowest BCUT2D eigenvalue weighted by Gasteiger charge is -2.38. The maximum atomic E-state index is 14.3. The van der Waals surface area contributed by atoms with Crippen LogP contribution in [0.2, 0.25) is 0 Å². The fraction of sp³-hybridized carbons (Fsp3) is 0.609. The summed E-state index contributed by atoms with van der Waals surface area (Å²) in [5, 5.41) is 0.215. The highest BCUT2D eigenvalue weighted by atomic mass is 79.9. The molecule has 0 aromatic heterocycles. The lowest BCUT2D eigenvalue weighted by Crippen LogP contribution is -2.48. The second-order valence-corrected chi connectivity index (χ2v) is 12.1. The molecule has 1 fully saturated rings. The highest BCUT2D eigenvalue weighted by Crippen LogP contribution is 2.52. The third kappa shape index (κ3) is 5.65. The van der Waals surface area contributed by atoms with Gasteiger partial charge in [0, 0.05) is 10.2 Å². The van der Waals surface area contributed by atoms with Crippen LogP contribution in [0.1, 0.15) is 66.4 Å². The van der Waals surface area contributed by atoms with Gasteiger partial charge in [-0.05, 0) is 84.1 Å². The van der Waals surface area contributed by atoms with Gasteiger partial charge in [-0.15, -0.1) is 0 Å². The number of nitrogens with zero attached hydrogens (tertiary/aromatic N) is 2. The summed E-state index contributed by atoms with van der Waals surface area (Å²) in [4.78, 5) is 32.0. The highest BCUT2D eigenvalue weighted by Gasteiger charge is 2.49. The Hall–Kier alpha value is -1.61. The molecule has 2 aliphatic rings. The first-order chi connectivity index (χ1) is 14.7. The van der Waals surface area contributed by atoms with Crippen molar-refractivity contribution in [2.45, 2.75) is 77.5 Å². The molecule has 1 heterocycles. The first kappa shape index (κ1) is 25.0. The number of rotatable bonds is 1. The van der Waals surface area contributed by atoms with E-state index in [1.807, 2.05) is 6.07 Å². The van der Waals surface area contributed by atoms with E-state index in [0.717, 1.165) is 23.3 Å². The number of benzene rings is 1. The van der Waals surface area contributed by atoms with E-state index in [0.29, 0.717) is 16.6 Å². The highest BCUT2D eigenvalue weighted by molar-refractivity contribution is 9.10. The zero-order valence-electron chi connectivity index (χ0n) is 19.3. The van der Waals surface area contributed by atoms with Gasteiger partial charge in [-0.25, -0.2) is 19.0 Å². The van der Waals surface area contributed by atoms with Crippen LogP contribution in [-0.4, -0.2) is 39.2 Å². The molecule has 6 nitrogen and oxygen atoms in total. The van der Waals surface area contributed by atoms with Crippen molar-refractivity contribution in [1.29, 1.82) is 0 Å². The SMILES string of the molecule is CC(C)(C)OC(=O)N(C(=O)OC(C)(C)C)C1=N[C@@]2(c3cc(F)cc(Br)c3)CCC[C@H]2CS1. The van der Waals surface area contributed by atoms with Gasteiger partial charge in [0.1, 0.15) is 17.0 Å². The zero-order valence-corrected chi connectivity index (χ0v) is 21.7. The molecule has 0 radical (unpaired) electrons. The smallest absolute Gasteiger partial charge is 0.426 e. The molecule has 0 spiro atoms. The molecule has 0 N–H and O–H groups in total. The monoisotopic (exact) mass is 528 g/mol. The first-order valence-electron chi connectivity index (χ1n) is 10.7. The Morgan fingerprint density at radius 1 is 1.12 bits per heavy atom. The normalized spacial score (nSPS) is 23.2. The topological polar surface area (TPSA) is 68.2 Å². The second-order valence-electron chi connectivity index (χ2n) is 10.2. The minimum absolute atomic E-state index is 0.170. The van der Waals surface area contributed by atoms with Gasteiger partial charge >= 0.3 is 12.2 Å². The number of carbonyl (C=O) groups is 2. The molecule has 3 rings (SSSR count). The molecule has 2 atom stereocenters. The maximum Gasteiger partial charge on any atom is 0.426 e. The van der Waals surface area contributed by atoms with E-state index in [1.54, 1.807) is 41.5 Å². The van der Waals surface area contributed by atoms with Crippen LogP contribution in [0.5, 0.6) is 0 Å². The summed E-state index contributed by atoms with van der Waals surface area (Å²) >= 11 is 4.70. The molecule has 0 bridgehead atoms. The number of amides is 2. The molecule has 1 aliphatic heterocycles. The van der Waals surface area contributed by atoms with Gasteiger partial charge in [0.15, 0.2) is 5.17 Å². The van der Waals surface area contributed by atoms with Gasteiger partial charge < -0.3 is 9.47 Å². The van der Waals surface area contributed by atoms with E-state index >= 15 is 0 Å².